The van der Waals surface area contributed by atoms with Crippen molar-refractivity contribution in [3.63, 3.8) is 0 Å². The lowest BCUT2D eigenvalue weighted by Crippen LogP contribution is -1.91. The highest BCUT2D eigenvalue weighted by Crippen LogP contribution is 2.13. The first-order valence-electron chi connectivity index (χ1n) is 4.85. The molecule has 1 aromatic rings. The molecule has 1 rings (SSSR count). The highest BCUT2D eigenvalue weighted by molar-refractivity contribution is 5.20. The van der Waals surface area contributed by atoms with E-state index in [1.165, 1.54) is 0 Å². The van der Waals surface area contributed by atoms with Gasteiger partial charge in [-0.2, -0.15) is 0 Å². The molecule has 1 atom stereocenters. The van der Waals surface area contributed by atoms with Crippen LogP contribution < -0.4 is 0 Å². The van der Waals surface area contributed by atoms with E-state index in [1.54, 1.807) is 0 Å². The van der Waals surface area contributed by atoms with Gasteiger partial charge in [0.15, 0.2) is 0 Å². The molecule has 1 nitrogen and oxygen atoms in total. The van der Waals surface area contributed by atoms with Crippen molar-refractivity contribution in [3.8, 4) is 0 Å². The Morgan fingerprint density at radius 2 is 1.93 bits per heavy atom. The first-order chi connectivity index (χ1) is 6.84. The van der Waals surface area contributed by atoms with Gasteiger partial charge in [0.2, 0.25) is 0 Å². The number of allylic oxidation sites excluding steroid dienone is 2. The van der Waals surface area contributed by atoms with E-state index in [2.05, 4.69) is 6.58 Å². The van der Waals surface area contributed by atoms with Crippen molar-refractivity contribution in [3.05, 3.63) is 60.7 Å². The summed E-state index contributed by atoms with van der Waals surface area (Å²) < 4.78 is 0. The second-order valence-corrected chi connectivity index (χ2v) is 3.15. The number of hydrogen-bond donors (Lipinski definition) is 1. The third kappa shape index (κ3) is 3.58. The highest BCUT2D eigenvalue weighted by Gasteiger charge is 1.99. The zero-order valence-corrected chi connectivity index (χ0v) is 8.26. The quantitative estimate of drug-likeness (QED) is 0.555. The Labute approximate surface area is 85.4 Å². The van der Waals surface area contributed by atoms with Crippen molar-refractivity contribution >= 4 is 0 Å². The molecule has 0 aromatic heterocycles. The molecule has 1 heteroatoms. The van der Waals surface area contributed by atoms with Gasteiger partial charge in [-0.3, -0.25) is 0 Å². The zero-order chi connectivity index (χ0) is 10.2. The highest BCUT2D eigenvalue weighted by atomic mass is 16.3. The predicted molar refractivity (Wildman–Crippen MR) is 60.0 cm³/mol. The van der Waals surface area contributed by atoms with Crippen molar-refractivity contribution in [1.82, 2.24) is 0 Å². The number of aliphatic hydroxyl groups is 1. The lowest BCUT2D eigenvalue weighted by Gasteiger charge is -2.04. The van der Waals surface area contributed by atoms with Gasteiger partial charge in [0.1, 0.15) is 0 Å². The average molecular weight is 188 g/mol. The topological polar surface area (TPSA) is 20.2 Å². The molecule has 0 aliphatic rings. The largest absolute Gasteiger partial charge is 0.384 e. The summed E-state index contributed by atoms with van der Waals surface area (Å²) in [6.07, 6.45) is 7.09. The molecule has 0 bridgehead atoms. The van der Waals surface area contributed by atoms with Crippen LogP contribution in [0.3, 0.4) is 0 Å². The van der Waals surface area contributed by atoms with Crippen LogP contribution in [0.5, 0.6) is 0 Å². The fraction of sp³-hybridized carbons (Fsp3) is 0.231. The van der Waals surface area contributed by atoms with Crippen LogP contribution in [0.2, 0.25) is 0 Å². The van der Waals surface area contributed by atoms with E-state index in [4.69, 9.17) is 0 Å². The Balaban J connectivity index is 2.46. The van der Waals surface area contributed by atoms with Gasteiger partial charge in [-0.25, -0.2) is 0 Å². The number of benzene rings is 1. The Morgan fingerprint density at radius 1 is 1.21 bits per heavy atom. The second-order valence-electron chi connectivity index (χ2n) is 3.15. The van der Waals surface area contributed by atoms with Crippen LogP contribution in [0.25, 0.3) is 0 Å². The van der Waals surface area contributed by atoms with Crippen molar-refractivity contribution in [2.24, 2.45) is 0 Å². The van der Waals surface area contributed by atoms with Gasteiger partial charge in [-0.05, 0) is 18.4 Å². The molecule has 1 N–H and O–H groups in total. The molecule has 1 aromatic carbocycles. The molecule has 0 amide bonds. The summed E-state index contributed by atoms with van der Waals surface area (Å²) in [5, 5.41) is 9.71. The Hall–Kier alpha value is -1.34. The molecule has 0 saturated carbocycles. The van der Waals surface area contributed by atoms with E-state index >= 15 is 0 Å². The van der Waals surface area contributed by atoms with E-state index < -0.39 is 6.10 Å². The minimum atomic E-state index is -0.485. The van der Waals surface area contributed by atoms with Crippen LogP contribution in [0.15, 0.2) is 55.1 Å². The van der Waals surface area contributed by atoms with Gasteiger partial charge < -0.3 is 5.11 Å². The van der Waals surface area contributed by atoms with Crippen LogP contribution in [0.1, 0.15) is 24.5 Å². The van der Waals surface area contributed by atoms with Crippen molar-refractivity contribution in [1.29, 1.82) is 0 Å². The van der Waals surface area contributed by atoms with E-state index in [0.717, 1.165) is 18.4 Å². The number of rotatable bonds is 5. The fourth-order valence-corrected chi connectivity index (χ4v) is 1.20. The zero-order valence-electron chi connectivity index (χ0n) is 8.26. The van der Waals surface area contributed by atoms with Crippen molar-refractivity contribution < 1.29 is 5.11 Å². The smallest absolute Gasteiger partial charge is 0.0971 e. The van der Waals surface area contributed by atoms with Crippen LogP contribution in [-0.2, 0) is 0 Å². The molecule has 14 heavy (non-hydrogen) atoms. The summed E-state index contributed by atoms with van der Waals surface area (Å²) in [5.41, 5.74) is 0.933. The number of aliphatic hydroxyl groups excluding tert-OH is 1. The third-order valence-electron chi connectivity index (χ3n) is 2.00. The first kappa shape index (κ1) is 10.7. The van der Waals surface area contributed by atoms with E-state index in [1.807, 2.05) is 48.6 Å². The minimum Gasteiger partial charge on any atom is -0.384 e. The predicted octanol–water partition coefficient (Wildman–Crippen LogP) is 3.24. The summed E-state index contributed by atoms with van der Waals surface area (Å²) in [6.45, 7) is 3.64. The molecule has 0 saturated heterocycles. The van der Waals surface area contributed by atoms with Gasteiger partial charge in [0.25, 0.3) is 0 Å². The maximum atomic E-state index is 9.71. The molecule has 74 valence electrons. The van der Waals surface area contributed by atoms with Crippen molar-refractivity contribution in [2.45, 2.75) is 18.9 Å². The Morgan fingerprint density at radius 3 is 2.57 bits per heavy atom. The summed E-state index contributed by atoms with van der Waals surface area (Å²) in [5.74, 6) is 0. The van der Waals surface area contributed by atoms with Gasteiger partial charge in [-0.1, -0.05) is 48.6 Å². The molecule has 0 heterocycles. The maximum absolute atomic E-state index is 9.71. The van der Waals surface area contributed by atoms with Gasteiger partial charge in [-0.15, -0.1) is 6.58 Å². The standard InChI is InChI=1S/C13H16O/c1-2-3-4-8-11-13(14)12-9-6-5-7-10-12/h2,5-11,13-14H,1,3-4H2/b11-8+. The van der Waals surface area contributed by atoms with Crippen LogP contribution in [0, 0.1) is 0 Å². The van der Waals surface area contributed by atoms with E-state index in [9.17, 15) is 5.11 Å². The maximum Gasteiger partial charge on any atom is 0.0971 e. The normalized spacial score (nSPS) is 12.9. The molecule has 0 fully saturated rings. The van der Waals surface area contributed by atoms with E-state index in [0.29, 0.717) is 0 Å². The molecule has 0 aliphatic heterocycles. The monoisotopic (exact) mass is 188 g/mol. The van der Waals surface area contributed by atoms with Gasteiger partial charge in [0.05, 0.1) is 6.10 Å². The third-order valence-corrected chi connectivity index (χ3v) is 2.00. The van der Waals surface area contributed by atoms with Crippen LogP contribution in [0.4, 0.5) is 0 Å². The molecule has 1 unspecified atom stereocenters. The molecular weight excluding hydrogens is 172 g/mol. The van der Waals surface area contributed by atoms with Gasteiger partial charge in [0, 0.05) is 0 Å². The SMILES string of the molecule is C=CCC/C=C/C(O)c1ccccc1. The van der Waals surface area contributed by atoms with Crippen LogP contribution >= 0.6 is 0 Å². The second kappa shape index (κ2) is 6.17. The Bertz CT molecular complexity index is 287. The molecule has 0 spiro atoms. The minimum absolute atomic E-state index is 0.485. The molecule has 0 aliphatic carbocycles. The Kier molecular flexibility index (Phi) is 4.73. The summed E-state index contributed by atoms with van der Waals surface area (Å²) in [7, 11) is 0. The number of unbranched alkanes of at least 4 members (excludes halogenated alkanes) is 1. The van der Waals surface area contributed by atoms with E-state index in [-0.39, 0.29) is 0 Å². The van der Waals surface area contributed by atoms with Crippen molar-refractivity contribution in [2.75, 3.05) is 0 Å². The summed E-state index contributed by atoms with van der Waals surface area (Å²) >= 11 is 0. The van der Waals surface area contributed by atoms with Crippen LogP contribution in [-0.4, -0.2) is 5.11 Å². The summed E-state index contributed by atoms with van der Waals surface area (Å²) in [4.78, 5) is 0. The number of hydrogen-bond acceptors (Lipinski definition) is 1. The first-order valence-corrected chi connectivity index (χ1v) is 4.85. The summed E-state index contributed by atoms with van der Waals surface area (Å²) in [6, 6.07) is 9.63. The lowest BCUT2D eigenvalue weighted by atomic mass is 10.1. The molecule has 0 radical (unpaired) electrons. The molecular formula is C13H16O. The average Bonchev–Trinajstić information content (AvgIpc) is 2.25. The van der Waals surface area contributed by atoms with Gasteiger partial charge >= 0.3 is 0 Å². The fourth-order valence-electron chi connectivity index (χ4n) is 1.20. The lowest BCUT2D eigenvalue weighted by molar-refractivity contribution is 0.228.